The molecule has 2 aliphatic heterocycles. The number of nitrogens with zero attached hydrogens (tertiary/aromatic N) is 2. The summed E-state index contributed by atoms with van der Waals surface area (Å²) in [7, 11) is 0. The van der Waals surface area contributed by atoms with Crippen molar-refractivity contribution in [3.8, 4) is 11.5 Å². The maximum atomic E-state index is 5.51. The first-order valence-electron chi connectivity index (χ1n) is 8.90. The molecule has 0 aliphatic carbocycles. The summed E-state index contributed by atoms with van der Waals surface area (Å²) in [6.07, 6.45) is 0. The third kappa shape index (κ3) is 3.31. The van der Waals surface area contributed by atoms with Gasteiger partial charge in [-0.2, -0.15) is 5.10 Å². The Balaban J connectivity index is 1.33. The number of aromatic nitrogens is 2. The van der Waals surface area contributed by atoms with Crippen LogP contribution in [-0.2, 0) is 12.0 Å². The molecule has 0 saturated heterocycles. The number of ether oxygens (including phenoxy) is 2. The van der Waals surface area contributed by atoms with Crippen molar-refractivity contribution < 1.29 is 9.47 Å². The fourth-order valence-electron chi connectivity index (χ4n) is 3.53. The lowest BCUT2D eigenvalue weighted by Crippen LogP contribution is -2.40. The minimum atomic E-state index is 0.0243. The quantitative estimate of drug-likeness (QED) is 0.874. The van der Waals surface area contributed by atoms with E-state index < -0.39 is 0 Å². The van der Waals surface area contributed by atoms with Crippen molar-refractivity contribution in [1.82, 2.24) is 15.1 Å². The molecule has 1 aromatic carbocycles. The summed E-state index contributed by atoms with van der Waals surface area (Å²) in [6.45, 7) is 10.7. The molecule has 0 radical (unpaired) electrons. The van der Waals surface area contributed by atoms with Crippen LogP contribution in [0.2, 0.25) is 0 Å². The highest BCUT2D eigenvalue weighted by atomic mass is 16.7. The minimum absolute atomic E-state index is 0.0243. The zero-order valence-corrected chi connectivity index (χ0v) is 15.1. The Morgan fingerprint density at radius 3 is 3.00 bits per heavy atom. The lowest BCUT2D eigenvalue weighted by Gasteiger charge is -2.29. The largest absolute Gasteiger partial charge is 0.454 e. The van der Waals surface area contributed by atoms with Gasteiger partial charge in [-0.25, -0.2) is 4.68 Å². The van der Waals surface area contributed by atoms with Crippen molar-refractivity contribution >= 4 is 5.82 Å². The number of anilines is 1. The topological polar surface area (TPSA) is 60.3 Å². The van der Waals surface area contributed by atoms with Gasteiger partial charge in [-0.15, -0.1) is 0 Å². The molecule has 2 N–H and O–H groups in total. The fourth-order valence-corrected chi connectivity index (χ4v) is 3.53. The zero-order valence-electron chi connectivity index (χ0n) is 15.1. The summed E-state index contributed by atoms with van der Waals surface area (Å²) in [6, 6.07) is 8.35. The standard InChI is InChI=1S/C19H26N4O2/c1-13-6-18-21-9-14(10-23(18)22-13)8-20-11-19(2,3)15-4-5-16-17(7-15)25-12-24-16/h4-7,14,20-21H,8-12H2,1-3H3. The number of hydrogen-bond donors (Lipinski definition) is 2. The number of aryl methyl sites for hydroxylation is 1. The van der Waals surface area contributed by atoms with Gasteiger partial charge in [0.15, 0.2) is 11.5 Å². The number of hydrogen-bond acceptors (Lipinski definition) is 5. The van der Waals surface area contributed by atoms with Gasteiger partial charge in [0.05, 0.1) is 5.69 Å². The first-order chi connectivity index (χ1) is 12.0. The van der Waals surface area contributed by atoms with Crippen LogP contribution < -0.4 is 20.1 Å². The first-order valence-corrected chi connectivity index (χ1v) is 8.90. The van der Waals surface area contributed by atoms with Crippen molar-refractivity contribution in [2.75, 3.05) is 31.7 Å². The number of rotatable bonds is 5. The van der Waals surface area contributed by atoms with E-state index in [-0.39, 0.29) is 5.41 Å². The van der Waals surface area contributed by atoms with Crippen molar-refractivity contribution in [2.24, 2.45) is 5.92 Å². The Labute approximate surface area is 148 Å². The summed E-state index contributed by atoms with van der Waals surface area (Å²) in [5.41, 5.74) is 2.35. The second-order valence-electron chi connectivity index (χ2n) is 7.68. The molecule has 2 aromatic rings. The number of fused-ring (bicyclic) bond motifs is 2. The van der Waals surface area contributed by atoms with Crippen LogP contribution in [0.3, 0.4) is 0 Å². The van der Waals surface area contributed by atoms with E-state index in [1.165, 1.54) is 5.56 Å². The Kier molecular flexibility index (Phi) is 4.07. The molecule has 25 heavy (non-hydrogen) atoms. The summed E-state index contributed by atoms with van der Waals surface area (Å²) in [5.74, 6) is 3.36. The van der Waals surface area contributed by atoms with E-state index in [4.69, 9.17) is 9.47 Å². The maximum Gasteiger partial charge on any atom is 0.231 e. The zero-order chi connectivity index (χ0) is 17.4. The smallest absolute Gasteiger partial charge is 0.231 e. The molecule has 3 heterocycles. The van der Waals surface area contributed by atoms with E-state index in [0.29, 0.717) is 12.7 Å². The monoisotopic (exact) mass is 342 g/mol. The molecule has 1 unspecified atom stereocenters. The van der Waals surface area contributed by atoms with E-state index in [2.05, 4.69) is 52.5 Å². The highest BCUT2D eigenvalue weighted by Gasteiger charge is 2.25. The van der Waals surface area contributed by atoms with Crippen LogP contribution in [-0.4, -0.2) is 36.2 Å². The molecule has 134 valence electrons. The molecule has 1 atom stereocenters. The first kappa shape index (κ1) is 16.3. The van der Waals surface area contributed by atoms with Crippen LogP contribution in [0.4, 0.5) is 5.82 Å². The van der Waals surface area contributed by atoms with Crippen molar-refractivity contribution in [2.45, 2.75) is 32.7 Å². The van der Waals surface area contributed by atoms with Crippen molar-refractivity contribution in [3.05, 3.63) is 35.5 Å². The van der Waals surface area contributed by atoms with Gasteiger partial charge in [0.1, 0.15) is 5.82 Å². The van der Waals surface area contributed by atoms with Crippen LogP contribution in [0, 0.1) is 12.8 Å². The average molecular weight is 342 g/mol. The number of benzene rings is 1. The lowest BCUT2D eigenvalue weighted by atomic mass is 9.84. The highest BCUT2D eigenvalue weighted by molar-refractivity contribution is 5.46. The van der Waals surface area contributed by atoms with Crippen molar-refractivity contribution in [1.29, 1.82) is 0 Å². The van der Waals surface area contributed by atoms with Crippen LogP contribution in [0.15, 0.2) is 24.3 Å². The van der Waals surface area contributed by atoms with Gasteiger partial charge in [-0.3, -0.25) is 0 Å². The molecule has 0 spiro atoms. The molecule has 6 nitrogen and oxygen atoms in total. The Hall–Kier alpha value is -2.21. The number of nitrogens with one attached hydrogen (secondary N) is 2. The molecule has 0 amide bonds. The second-order valence-corrected chi connectivity index (χ2v) is 7.68. The molecular formula is C19H26N4O2. The van der Waals surface area contributed by atoms with Gasteiger partial charge >= 0.3 is 0 Å². The van der Waals surface area contributed by atoms with Crippen LogP contribution >= 0.6 is 0 Å². The second kappa shape index (κ2) is 6.26. The van der Waals surface area contributed by atoms with Crippen LogP contribution in [0.1, 0.15) is 25.1 Å². The lowest BCUT2D eigenvalue weighted by molar-refractivity contribution is 0.174. The summed E-state index contributed by atoms with van der Waals surface area (Å²) in [4.78, 5) is 0. The summed E-state index contributed by atoms with van der Waals surface area (Å²) < 4.78 is 13.0. The summed E-state index contributed by atoms with van der Waals surface area (Å²) in [5, 5.41) is 11.7. The van der Waals surface area contributed by atoms with Crippen LogP contribution in [0.5, 0.6) is 11.5 Å². The van der Waals surface area contributed by atoms with E-state index in [9.17, 15) is 0 Å². The van der Waals surface area contributed by atoms with Gasteiger partial charge in [-0.05, 0) is 24.6 Å². The fraction of sp³-hybridized carbons (Fsp3) is 0.526. The van der Waals surface area contributed by atoms with Gasteiger partial charge < -0.3 is 20.1 Å². The third-order valence-electron chi connectivity index (χ3n) is 5.06. The van der Waals surface area contributed by atoms with Crippen LogP contribution in [0.25, 0.3) is 0 Å². The predicted molar refractivity (Wildman–Crippen MR) is 97.4 cm³/mol. The predicted octanol–water partition coefficient (Wildman–Crippen LogP) is 2.53. The molecule has 6 heteroatoms. The maximum absolute atomic E-state index is 5.51. The molecule has 0 saturated carbocycles. The molecule has 1 aromatic heterocycles. The van der Waals surface area contributed by atoms with E-state index in [0.717, 1.165) is 49.2 Å². The highest BCUT2D eigenvalue weighted by Crippen LogP contribution is 2.36. The third-order valence-corrected chi connectivity index (χ3v) is 5.06. The van der Waals surface area contributed by atoms with Crippen molar-refractivity contribution in [3.63, 3.8) is 0 Å². The Morgan fingerprint density at radius 1 is 1.28 bits per heavy atom. The molecule has 0 fully saturated rings. The van der Waals surface area contributed by atoms with Gasteiger partial charge in [-0.1, -0.05) is 19.9 Å². The molecular weight excluding hydrogens is 316 g/mol. The molecule has 0 bridgehead atoms. The average Bonchev–Trinajstić information content (AvgIpc) is 3.18. The molecule has 2 aliphatic rings. The normalized spacial score (nSPS) is 18.8. The van der Waals surface area contributed by atoms with Gasteiger partial charge in [0.2, 0.25) is 6.79 Å². The summed E-state index contributed by atoms with van der Waals surface area (Å²) >= 11 is 0. The van der Waals surface area contributed by atoms with E-state index in [1.807, 2.05) is 13.0 Å². The minimum Gasteiger partial charge on any atom is -0.454 e. The van der Waals surface area contributed by atoms with E-state index in [1.54, 1.807) is 0 Å². The Bertz CT molecular complexity index is 769. The SMILES string of the molecule is Cc1cc2n(n1)CC(CNCC(C)(C)c1ccc3c(c1)OCO3)CN2. The van der Waals surface area contributed by atoms with Gasteiger partial charge in [0, 0.05) is 43.6 Å². The van der Waals surface area contributed by atoms with Gasteiger partial charge in [0.25, 0.3) is 0 Å². The van der Waals surface area contributed by atoms with E-state index >= 15 is 0 Å². The Morgan fingerprint density at radius 2 is 2.12 bits per heavy atom. The molecule has 4 rings (SSSR count).